The van der Waals surface area contributed by atoms with Gasteiger partial charge in [0.15, 0.2) is 5.16 Å². The monoisotopic (exact) mass is 359 g/mol. The maximum atomic E-state index is 12.5. The summed E-state index contributed by atoms with van der Waals surface area (Å²) in [5.74, 6) is 1.48. The van der Waals surface area contributed by atoms with Crippen molar-refractivity contribution in [3.05, 3.63) is 36.7 Å². The van der Waals surface area contributed by atoms with Crippen molar-refractivity contribution in [1.82, 2.24) is 14.5 Å². The first-order valence-electron chi connectivity index (χ1n) is 8.86. The van der Waals surface area contributed by atoms with Gasteiger partial charge in [-0.1, -0.05) is 31.0 Å². The van der Waals surface area contributed by atoms with Gasteiger partial charge in [-0.2, -0.15) is 0 Å². The summed E-state index contributed by atoms with van der Waals surface area (Å²) in [4.78, 5) is 19.0. The second-order valence-electron chi connectivity index (χ2n) is 6.22. The fourth-order valence-corrected chi connectivity index (χ4v) is 3.93. The van der Waals surface area contributed by atoms with E-state index in [9.17, 15) is 4.79 Å². The molecule has 2 heterocycles. The molecule has 1 aromatic heterocycles. The topological polar surface area (TPSA) is 47.4 Å². The van der Waals surface area contributed by atoms with E-state index in [1.807, 2.05) is 39.9 Å². The molecular formula is C19H25N3O2S. The van der Waals surface area contributed by atoms with Crippen LogP contribution in [0.2, 0.25) is 0 Å². The Bertz CT molecular complexity index is 676. The normalized spacial score (nSPS) is 15.5. The van der Waals surface area contributed by atoms with Gasteiger partial charge in [0.1, 0.15) is 5.75 Å². The zero-order chi connectivity index (χ0) is 17.5. The summed E-state index contributed by atoms with van der Waals surface area (Å²) in [7, 11) is 1.66. The highest BCUT2D eigenvalue weighted by atomic mass is 32.2. The Hall–Kier alpha value is -1.95. The molecule has 0 N–H and O–H groups in total. The first-order chi connectivity index (χ1) is 12.3. The molecule has 3 rings (SSSR count). The van der Waals surface area contributed by atoms with Crippen LogP contribution in [0, 0.1) is 0 Å². The van der Waals surface area contributed by atoms with E-state index >= 15 is 0 Å². The molecule has 1 fully saturated rings. The van der Waals surface area contributed by atoms with Gasteiger partial charge < -0.3 is 9.64 Å². The van der Waals surface area contributed by atoms with Gasteiger partial charge in [-0.15, -0.1) is 0 Å². The van der Waals surface area contributed by atoms with Gasteiger partial charge in [-0.3, -0.25) is 9.36 Å². The average Bonchev–Trinajstić information content (AvgIpc) is 3.08. The molecule has 134 valence electrons. The average molecular weight is 359 g/mol. The van der Waals surface area contributed by atoms with Crippen molar-refractivity contribution < 1.29 is 9.53 Å². The minimum absolute atomic E-state index is 0.219. The van der Waals surface area contributed by atoms with Crippen LogP contribution >= 0.6 is 11.8 Å². The Morgan fingerprint density at radius 2 is 1.80 bits per heavy atom. The quantitative estimate of drug-likeness (QED) is 0.763. The van der Waals surface area contributed by atoms with E-state index in [1.54, 1.807) is 13.3 Å². The smallest absolute Gasteiger partial charge is 0.233 e. The van der Waals surface area contributed by atoms with Crippen LogP contribution in [0.3, 0.4) is 0 Å². The summed E-state index contributed by atoms with van der Waals surface area (Å²) in [5, 5.41) is 0.838. The van der Waals surface area contributed by atoms with Crippen LogP contribution in [0.25, 0.3) is 5.69 Å². The molecule has 1 aromatic carbocycles. The van der Waals surface area contributed by atoms with E-state index in [4.69, 9.17) is 4.74 Å². The third-order valence-electron chi connectivity index (χ3n) is 4.49. The first-order valence-corrected chi connectivity index (χ1v) is 9.85. The fourth-order valence-electron chi connectivity index (χ4n) is 3.05. The Balaban J connectivity index is 1.61. The highest BCUT2D eigenvalue weighted by Gasteiger charge is 2.16. The third-order valence-corrected chi connectivity index (χ3v) is 5.44. The molecule has 25 heavy (non-hydrogen) atoms. The molecule has 1 amide bonds. The molecule has 0 aliphatic carbocycles. The molecule has 1 saturated heterocycles. The highest BCUT2D eigenvalue weighted by Crippen LogP contribution is 2.23. The molecule has 0 radical (unpaired) electrons. The number of hydrogen-bond donors (Lipinski definition) is 0. The maximum absolute atomic E-state index is 12.5. The Kier molecular flexibility index (Phi) is 6.39. The van der Waals surface area contributed by atoms with Crippen LogP contribution in [0.1, 0.15) is 32.1 Å². The summed E-state index contributed by atoms with van der Waals surface area (Å²) in [5.41, 5.74) is 1.01. The lowest BCUT2D eigenvalue weighted by atomic mass is 10.1. The predicted octanol–water partition coefficient (Wildman–Crippen LogP) is 3.77. The van der Waals surface area contributed by atoms with Gasteiger partial charge in [0.05, 0.1) is 12.9 Å². The van der Waals surface area contributed by atoms with E-state index in [0.29, 0.717) is 5.75 Å². The summed E-state index contributed by atoms with van der Waals surface area (Å²) in [6.45, 7) is 1.79. The molecule has 5 nitrogen and oxygen atoms in total. The van der Waals surface area contributed by atoms with E-state index in [-0.39, 0.29) is 5.91 Å². The number of likely N-dealkylation sites (tertiary alicyclic amines) is 1. The van der Waals surface area contributed by atoms with Crippen molar-refractivity contribution in [2.24, 2.45) is 0 Å². The summed E-state index contributed by atoms with van der Waals surface area (Å²) < 4.78 is 7.21. The minimum atomic E-state index is 0.219. The van der Waals surface area contributed by atoms with Crippen molar-refractivity contribution in [2.75, 3.05) is 26.0 Å². The molecule has 0 spiro atoms. The largest absolute Gasteiger partial charge is 0.497 e. The number of hydrogen-bond acceptors (Lipinski definition) is 4. The van der Waals surface area contributed by atoms with E-state index in [0.717, 1.165) is 42.5 Å². The lowest BCUT2D eigenvalue weighted by molar-refractivity contribution is -0.128. The van der Waals surface area contributed by atoms with Gasteiger partial charge in [0.25, 0.3) is 0 Å². The number of nitrogens with zero attached hydrogens (tertiary/aromatic N) is 3. The molecule has 0 atom stereocenters. The fraction of sp³-hybridized carbons (Fsp3) is 0.474. The zero-order valence-corrected chi connectivity index (χ0v) is 15.5. The van der Waals surface area contributed by atoms with Gasteiger partial charge in [-0.05, 0) is 37.1 Å². The molecule has 2 aromatic rings. The molecule has 0 bridgehead atoms. The van der Waals surface area contributed by atoms with Crippen LogP contribution < -0.4 is 4.74 Å². The lowest BCUT2D eigenvalue weighted by Crippen LogP contribution is -2.35. The summed E-state index contributed by atoms with van der Waals surface area (Å²) in [6.07, 6.45) is 9.71. The first kappa shape index (κ1) is 17.9. The number of amides is 1. The van der Waals surface area contributed by atoms with Gasteiger partial charge in [-0.25, -0.2) is 4.98 Å². The molecule has 1 aliphatic heterocycles. The van der Waals surface area contributed by atoms with Gasteiger partial charge in [0, 0.05) is 31.2 Å². The minimum Gasteiger partial charge on any atom is -0.497 e. The SMILES string of the molecule is COc1ccc(-n2ccnc2SCC(=O)N2CCCCCCC2)cc1. The number of rotatable bonds is 5. The van der Waals surface area contributed by atoms with Gasteiger partial charge in [0.2, 0.25) is 5.91 Å². The van der Waals surface area contributed by atoms with Crippen LogP contribution in [-0.2, 0) is 4.79 Å². The van der Waals surface area contributed by atoms with Crippen LogP contribution in [0.15, 0.2) is 41.8 Å². The highest BCUT2D eigenvalue weighted by molar-refractivity contribution is 7.99. The maximum Gasteiger partial charge on any atom is 0.233 e. The summed E-state index contributed by atoms with van der Waals surface area (Å²) >= 11 is 1.50. The number of carbonyl (C=O) groups is 1. The standard InChI is InChI=1S/C19H25N3O2S/c1-24-17-9-7-16(8-10-17)22-14-11-20-19(22)25-15-18(23)21-12-5-3-2-4-6-13-21/h7-11,14H,2-6,12-13,15H2,1H3. The van der Waals surface area contributed by atoms with Crippen LogP contribution in [0.5, 0.6) is 5.75 Å². The predicted molar refractivity (Wildman–Crippen MR) is 101 cm³/mol. The Morgan fingerprint density at radius 1 is 1.12 bits per heavy atom. The molecule has 1 aliphatic rings. The Labute approximate surface area is 153 Å². The number of imidazole rings is 1. The lowest BCUT2D eigenvalue weighted by Gasteiger charge is -2.24. The van der Waals surface area contributed by atoms with Crippen molar-refractivity contribution in [3.63, 3.8) is 0 Å². The zero-order valence-electron chi connectivity index (χ0n) is 14.7. The van der Waals surface area contributed by atoms with E-state index < -0.39 is 0 Å². The van der Waals surface area contributed by atoms with E-state index in [2.05, 4.69) is 4.98 Å². The number of carbonyl (C=O) groups excluding carboxylic acids is 1. The number of methoxy groups -OCH3 is 1. The molecule has 6 heteroatoms. The third kappa shape index (κ3) is 4.78. The van der Waals surface area contributed by atoms with Crippen molar-refractivity contribution in [1.29, 1.82) is 0 Å². The van der Waals surface area contributed by atoms with Crippen LogP contribution in [-0.4, -0.2) is 46.3 Å². The number of aromatic nitrogens is 2. The van der Waals surface area contributed by atoms with Gasteiger partial charge >= 0.3 is 0 Å². The Morgan fingerprint density at radius 3 is 2.48 bits per heavy atom. The van der Waals surface area contributed by atoms with Crippen LogP contribution in [0.4, 0.5) is 0 Å². The van der Waals surface area contributed by atoms with Crippen molar-refractivity contribution in [3.8, 4) is 11.4 Å². The van der Waals surface area contributed by atoms with Crippen molar-refractivity contribution >= 4 is 17.7 Å². The van der Waals surface area contributed by atoms with Crippen molar-refractivity contribution in [2.45, 2.75) is 37.3 Å². The second-order valence-corrected chi connectivity index (χ2v) is 7.16. The number of benzene rings is 1. The second kappa shape index (κ2) is 8.94. The molecule has 0 unspecified atom stereocenters. The summed E-state index contributed by atoms with van der Waals surface area (Å²) in [6, 6.07) is 7.83. The van der Waals surface area contributed by atoms with E-state index in [1.165, 1.54) is 31.0 Å². The number of ether oxygens (including phenoxy) is 1. The molecule has 0 saturated carbocycles. The molecular weight excluding hydrogens is 334 g/mol. The number of thioether (sulfide) groups is 1.